The number of imidazole rings is 1. The van der Waals surface area contributed by atoms with Gasteiger partial charge in [-0.3, -0.25) is 4.79 Å². The summed E-state index contributed by atoms with van der Waals surface area (Å²) in [6.45, 7) is 2.58. The molecule has 7 nitrogen and oxygen atoms in total. The topological polar surface area (TPSA) is 95.6 Å². The summed E-state index contributed by atoms with van der Waals surface area (Å²) in [6, 6.07) is 6.11. The second-order valence-electron chi connectivity index (χ2n) is 6.04. The minimum absolute atomic E-state index is 0.0758. The number of nitrogens with zero attached hydrogens (tertiary/aromatic N) is 3. The molecule has 0 bridgehead atoms. The van der Waals surface area contributed by atoms with Gasteiger partial charge in [0.05, 0.1) is 34.5 Å². The van der Waals surface area contributed by atoms with Crippen LogP contribution in [0.25, 0.3) is 32.2 Å². The van der Waals surface area contributed by atoms with E-state index >= 15 is 0 Å². The molecule has 0 fully saturated rings. The van der Waals surface area contributed by atoms with E-state index in [1.165, 1.54) is 0 Å². The summed E-state index contributed by atoms with van der Waals surface area (Å²) < 4.78 is 1.11. The maximum Gasteiger partial charge on any atom is 0.234 e. The summed E-state index contributed by atoms with van der Waals surface area (Å²) in [4.78, 5) is 28.8. The van der Waals surface area contributed by atoms with Crippen LogP contribution in [0.4, 0.5) is 0 Å². The van der Waals surface area contributed by atoms with Gasteiger partial charge in [-0.05, 0) is 26.1 Å². The first-order valence-corrected chi connectivity index (χ1v) is 10.2. The lowest BCUT2D eigenvalue weighted by atomic mass is 10.1. The molecule has 9 heteroatoms. The van der Waals surface area contributed by atoms with Gasteiger partial charge in [0.1, 0.15) is 16.5 Å². The molecule has 0 saturated heterocycles. The number of carbonyl (C=O) groups excluding carboxylic acids is 1. The van der Waals surface area contributed by atoms with Gasteiger partial charge in [0.2, 0.25) is 5.91 Å². The van der Waals surface area contributed by atoms with E-state index in [2.05, 4.69) is 31.7 Å². The molecule has 1 aromatic carbocycles. The van der Waals surface area contributed by atoms with Crippen molar-refractivity contribution in [3.05, 3.63) is 40.6 Å². The smallest absolute Gasteiger partial charge is 0.234 e. The van der Waals surface area contributed by atoms with E-state index < -0.39 is 0 Å². The Hall–Kier alpha value is -2.62. The van der Waals surface area contributed by atoms with Gasteiger partial charge in [-0.15, -0.1) is 22.7 Å². The van der Waals surface area contributed by atoms with Crippen molar-refractivity contribution in [2.45, 2.75) is 13.5 Å². The lowest BCUT2D eigenvalue weighted by Crippen LogP contribution is -2.31. The molecule has 1 amide bonds. The fourth-order valence-electron chi connectivity index (χ4n) is 2.75. The van der Waals surface area contributed by atoms with Crippen molar-refractivity contribution in [1.82, 2.24) is 30.6 Å². The summed E-state index contributed by atoms with van der Waals surface area (Å²) in [5, 5.41) is 8.58. The van der Waals surface area contributed by atoms with Crippen molar-refractivity contribution in [3.8, 4) is 22.0 Å². The molecule has 138 valence electrons. The Morgan fingerprint density at radius 3 is 2.93 bits per heavy atom. The SMILES string of the molecule is CNCC(=O)NCc1nc(-c2ccc3ncsc3c2)c(-c2nc(C)cs2)[nH]1. The molecule has 0 aliphatic rings. The lowest BCUT2D eigenvalue weighted by Gasteiger charge is -2.01. The molecule has 0 saturated carbocycles. The Kier molecular flexibility index (Phi) is 4.97. The van der Waals surface area contributed by atoms with Crippen LogP contribution in [-0.4, -0.2) is 39.4 Å². The maximum atomic E-state index is 11.7. The van der Waals surface area contributed by atoms with E-state index in [0.717, 1.165) is 37.9 Å². The Morgan fingerprint density at radius 1 is 1.26 bits per heavy atom. The van der Waals surface area contributed by atoms with Crippen LogP contribution in [0.3, 0.4) is 0 Å². The van der Waals surface area contributed by atoms with Crippen LogP contribution in [0.1, 0.15) is 11.5 Å². The van der Waals surface area contributed by atoms with E-state index in [1.807, 2.05) is 29.9 Å². The third-order valence-corrected chi connectivity index (χ3v) is 5.75. The average Bonchev–Trinajstić information content (AvgIpc) is 3.38. The van der Waals surface area contributed by atoms with E-state index in [1.54, 1.807) is 29.7 Å². The number of aromatic amines is 1. The third-order valence-electron chi connectivity index (χ3n) is 3.98. The van der Waals surface area contributed by atoms with Crippen LogP contribution in [0.2, 0.25) is 0 Å². The highest BCUT2D eigenvalue weighted by molar-refractivity contribution is 7.16. The largest absolute Gasteiger partial charge is 0.348 e. The zero-order valence-electron chi connectivity index (χ0n) is 14.9. The van der Waals surface area contributed by atoms with Gasteiger partial charge in [0.25, 0.3) is 0 Å². The van der Waals surface area contributed by atoms with Crippen LogP contribution in [0.15, 0.2) is 29.1 Å². The molecule has 4 rings (SSSR count). The van der Waals surface area contributed by atoms with Crippen LogP contribution in [0.5, 0.6) is 0 Å². The van der Waals surface area contributed by atoms with E-state index in [0.29, 0.717) is 12.4 Å². The monoisotopic (exact) mass is 398 g/mol. The zero-order valence-corrected chi connectivity index (χ0v) is 16.5. The number of aromatic nitrogens is 4. The first-order valence-electron chi connectivity index (χ1n) is 8.40. The first-order chi connectivity index (χ1) is 13.1. The minimum atomic E-state index is -0.0758. The van der Waals surface area contributed by atoms with Gasteiger partial charge in [0.15, 0.2) is 0 Å². The number of H-pyrrole nitrogens is 1. The number of amides is 1. The highest BCUT2D eigenvalue weighted by Crippen LogP contribution is 2.34. The number of benzene rings is 1. The number of aryl methyl sites for hydroxylation is 1. The van der Waals surface area contributed by atoms with Crippen molar-refractivity contribution >= 4 is 38.8 Å². The molecule has 27 heavy (non-hydrogen) atoms. The van der Waals surface area contributed by atoms with E-state index in [-0.39, 0.29) is 12.5 Å². The quantitative estimate of drug-likeness (QED) is 0.464. The fourth-order valence-corrected chi connectivity index (χ4v) is 4.26. The molecule has 3 N–H and O–H groups in total. The molecule has 0 radical (unpaired) electrons. The minimum Gasteiger partial charge on any atom is -0.348 e. The number of thiazole rings is 2. The van der Waals surface area contributed by atoms with Gasteiger partial charge in [-0.25, -0.2) is 15.0 Å². The average molecular weight is 399 g/mol. The van der Waals surface area contributed by atoms with Gasteiger partial charge < -0.3 is 15.6 Å². The highest BCUT2D eigenvalue weighted by atomic mass is 32.1. The molecule has 0 aliphatic heterocycles. The van der Waals surface area contributed by atoms with Gasteiger partial charge in [-0.1, -0.05) is 6.07 Å². The zero-order chi connectivity index (χ0) is 18.8. The number of hydrogen-bond donors (Lipinski definition) is 3. The molecular weight excluding hydrogens is 380 g/mol. The number of fused-ring (bicyclic) bond motifs is 1. The van der Waals surface area contributed by atoms with Crippen LogP contribution >= 0.6 is 22.7 Å². The first kappa shape index (κ1) is 17.8. The molecule has 0 atom stereocenters. The summed E-state index contributed by atoms with van der Waals surface area (Å²) in [5.41, 5.74) is 6.49. The van der Waals surface area contributed by atoms with Crippen molar-refractivity contribution in [1.29, 1.82) is 0 Å². The summed E-state index contributed by atoms with van der Waals surface area (Å²) in [7, 11) is 1.74. The van der Waals surface area contributed by atoms with Crippen LogP contribution in [-0.2, 0) is 11.3 Å². The molecular formula is C18H18N6OS2. The molecule has 0 unspecified atom stereocenters. The molecule has 3 aromatic heterocycles. The third kappa shape index (κ3) is 3.75. The number of nitrogens with one attached hydrogen (secondary N) is 3. The van der Waals surface area contributed by atoms with Crippen LogP contribution < -0.4 is 10.6 Å². The van der Waals surface area contributed by atoms with Gasteiger partial charge in [-0.2, -0.15) is 0 Å². The summed E-state index contributed by atoms with van der Waals surface area (Å²) >= 11 is 3.18. The maximum absolute atomic E-state index is 11.7. The second kappa shape index (κ2) is 7.55. The number of hydrogen-bond acceptors (Lipinski definition) is 7. The van der Waals surface area contributed by atoms with E-state index in [4.69, 9.17) is 4.98 Å². The molecule has 3 heterocycles. The number of carbonyl (C=O) groups is 1. The molecule has 0 spiro atoms. The fraction of sp³-hybridized carbons (Fsp3) is 0.222. The second-order valence-corrected chi connectivity index (χ2v) is 7.79. The Bertz CT molecular complexity index is 1100. The lowest BCUT2D eigenvalue weighted by molar-refractivity contribution is -0.120. The summed E-state index contributed by atoms with van der Waals surface area (Å²) in [5.74, 6) is 0.620. The predicted octanol–water partition coefficient (Wildman–Crippen LogP) is 2.95. The van der Waals surface area contributed by atoms with Gasteiger partial charge >= 0.3 is 0 Å². The van der Waals surface area contributed by atoms with Crippen molar-refractivity contribution in [2.24, 2.45) is 0 Å². The molecule has 0 aliphatic carbocycles. The van der Waals surface area contributed by atoms with Crippen molar-refractivity contribution < 1.29 is 4.79 Å². The van der Waals surface area contributed by atoms with Gasteiger partial charge in [0, 0.05) is 16.6 Å². The van der Waals surface area contributed by atoms with Crippen LogP contribution in [0, 0.1) is 6.92 Å². The standard InChI is InChI=1S/C18H18N6OS2/c1-10-8-26-18(22-10)17-16(11-3-4-12-13(5-11)27-9-21-12)23-14(24-17)6-20-15(25)7-19-2/h3-5,8-9,19H,6-7H2,1-2H3,(H,20,25)(H,23,24). The Labute approximate surface area is 163 Å². The van der Waals surface area contributed by atoms with Crippen molar-refractivity contribution in [2.75, 3.05) is 13.6 Å². The Morgan fingerprint density at radius 2 is 2.15 bits per heavy atom. The highest BCUT2D eigenvalue weighted by Gasteiger charge is 2.17. The summed E-state index contributed by atoms with van der Waals surface area (Å²) in [6.07, 6.45) is 0. The number of rotatable bonds is 6. The van der Waals surface area contributed by atoms with E-state index in [9.17, 15) is 4.79 Å². The predicted molar refractivity (Wildman–Crippen MR) is 109 cm³/mol. The normalized spacial score (nSPS) is 11.2. The molecule has 4 aromatic rings. The van der Waals surface area contributed by atoms with Crippen molar-refractivity contribution in [3.63, 3.8) is 0 Å². The Balaban J connectivity index is 1.72. The number of likely N-dealkylation sites (N-methyl/N-ethyl adjacent to an activating group) is 1.